The average Bonchev–Trinajstić information content (AvgIpc) is 3.14. The zero-order valence-corrected chi connectivity index (χ0v) is 22.1. The van der Waals surface area contributed by atoms with Gasteiger partial charge in [0, 0.05) is 25.6 Å². The van der Waals surface area contributed by atoms with Crippen LogP contribution in [0.15, 0.2) is 42.7 Å². The number of methoxy groups -OCH3 is 1. The van der Waals surface area contributed by atoms with Crippen LogP contribution >= 0.6 is 0 Å². The van der Waals surface area contributed by atoms with Gasteiger partial charge in [0.25, 0.3) is 5.91 Å². The number of primary amides is 1. The first kappa shape index (κ1) is 28.6. The maximum absolute atomic E-state index is 12.9. The third-order valence-electron chi connectivity index (χ3n) is 7.35. The topological polar surface area (TPSA) is 99.4 Å². The zero-order valence-electron chi connectivity index (χ0n) is 22.1. The Labute approximate surface area is 226 Å². The van der Waals surface area contributed by atoms with Gasteiger partial charge in [0.1, 0.15) is 17.9 Å². The molecule has 7 nitrogen and oxygen atoms in total. The van der Waals surface area contributed by atoms with Crippen molar-refractivity contribution in [3.8, 4) is 5.75 Å². The van der Waals surface area contributed by atoms with Gasteiger partial charge in [-0.1, -0.05) is 31.4 Å². The van der Waals surface area contributed by atoms with Crippen LogP contribution in [0, 0.1) is 11.8 Å². The summed E-state index contributed by atoms with van der Waals surface area (Å²) in [7, 11) is 1.76. The summed E-state index contributed by atoms with van der Waals surface area (Å²) in [6, 6.07) is 8.26. The molecule has 4 rings (SSSR count). The number of hydrogen-bond acceptors (Lipinski definition) is 6. The third kappa shape index (κ3) is 7.81. The Balaban J connectivity index is 1.41. The molecule has 2 atom stereocenters. The molecule has 1 heterocycles. The van der Waals surface area contributed by atoms with E-state index in [1.54, 1.807) is 19.2 Å². The number of hydrogen-bond donors (Lipinski definition) is 2. The van der Waals surface area contributed by atoms with Gasteiger partial charge in [-0.05, 0) is 67.3 Å². The number of anilines is 1. The van der Waals surface area contributed by atoms with Crippen LogP contribution in [0.2, 0.25) is 0 Å². The van der Waals surface area contributed by atoms with Crippen molar-refractivity contribution in [1.29, 1.82) is 0 Å². The fraction of sp³-hybridized carbons (Fsp3) is 0.483. The second-order valence-corrected chi connectivity index (χ2v) is 10.2. The predicted octanol–water partition coefficient (Wildman–Crippen LogP) is 6.36. The number of nitrogens with one attached hydrogen (secondary N) is 1. The Kier molecular flexibility index (Phi) is 9.61. The number of carbonyl (C=O) groups excluding carboxylic acids is 1. The molecular formula is C29H35F3N4O3. The van der Waals surface area contributed by atoms with Crippen molar-refractivity contribution in [2.45, 2.75) is 57.7 Å². The van der Waals surface area contributed by atoms with Crippen LogP contribution in [0.1, 0.15) is 66.4 Å². The Morgan fingerprint density at radius 3 is 2.54 bits per heavy atom. The monoisotopic (exact) mass is 544 g/mol. The molecule has 2 aromatic carbocycles. The second-order valence-electron chi connectivity index (χ2n) is 10.2. The molecule has 10 heteroatoms. The van der Waals surface area contributed by atoms with Gasteiger partial charge in [0.2, 0.25) is 0 Å². The lowest BCUT2D eigenvalue weighted by Crippen LogP contribution is -2.13. The van der Waals surface area contributed by atoms with E-state index >= 15 is 0 Å². The number of fused-ring (bicyclic) bond motifs is 1. The smallest absolute Gasteiger partial charge is 0.416 e. The summed E-state index contributed by atoms with van der Waals surface area (Å²) in [4.78, 5) is 20.7. The Morgan fingerprint density at radius 1 is 1.08 bits per heavy atom. The van der Waals surface area contributed by atoms with Crippen molar-refractivity contribution in [3.05, 3.63) is 59.4 Å². The van der Waals surface area contributed by atoms with Crippen LogP contribution in [0.5, 0.6) is 5.75 Å². The number of benzene rings is 2. The van der Waals surface area contributed by atoms with E-state index < -0.39 is 17.6 Å². The number of carbonyl (C=O) groups is 1. The quantitative estimate of drug-likeness (QED) is 0.215. The van der Waals surface area contributed by atoms with Gasteiger partial charge in [-0.2, -0.15) is 13.2 Å². The molecule has 0 aliphatic heterocycles. The molecule has 1 aliphatic carbocycles. The molecule has 1 amide bonds. The van der Waals surface area contributed by atoms with E-state index in [1.807, 2.05) is 0 Å². The first-order valence-corrected chi connectivity index (χ1v) is 13.3. The maximum atomic E-state index is 12.9. The van der Waals surface area contributed by atoms with Gasteiger partial charge in [-0.15, -0.1) is 0 Å². The molecular weight excluding hydrogens is 509 g/mol. The van der Waals surface area contributed by atoms with Crippen molar-refractivity contribution in [1.82, 2.24) is 9.97 Å². The number of halogens is 3. The van der Waals surface area contributed by atoms with Gasteiger partial charge in [-0.3, -0.25) is 4.79 Å². The molecule has 210 valence electrons. The molecule has 0 bridgehead atoms. The van der Waals surface area contributed by atoms with E-state index in [4.69, 9.17) is 15.2 Å². The van der Waals surface area contributed by atoms with Crippen LogP contribution in [0.3, 0.4) is 0 Å². The van der Waals surface area contributed by atoms with E-state index in [9.17, 15) is 18.0 Å². The maximum Gasteiger partial charge on any atom is 0.416 e. The molecule has 1 aliphatic rings. The first-order chi connectivity index (χ1) is 18.7. The van der Waals surface area contributed by atoms with Crippen molar-refractivity contribution in [2.24, 2.45) is 17.6 Å². The minimum Gasteiger partial charge on any atom is -0.494 e. The number of nitrogens with zero attached hydrogens (tertiary/aromatic N) is 2. The van der Waals surface area contributed by atoms with Crippen LogP contribution in [-0.2, 0) is 17.5 Å². The fourth-order valence-electron chi connectivity index (χ4n) is 5.26. The molecule has 1 saturated carbocycles. The van der Waals surface area contributed by atoms with Crippen molar-refractivity contribution < 1.29 is 27.4 Å². The number of amides is 1. The van der Waals surface area contributed by atoms with Gasteiger partial charge >= 0.3 is 6.18 Å². The lowest BCUT2D eigenvalue weighted by molar-refractivity contribution is -0.137. The van der Waals surface area contributed by atoms with Gasteiger partial charge in [0.15, 0.2) is 0 Å². The highest BCUT2D eigenvalue weighted by atomic mass is 19.4. The van der Waals surface area contributed by atoms with Crippen molar-refractivity contribution in [3.63, 3.8) is 0 Å². The molecule has 1 unspecified atom stereocenters. The molecule has 0 saturated heterocycles. The molecule has 0 radical (unpaired) electrons. The summed E-state index contributed by atoms with van der Waals surface area (Å²) in [6.07, 6.45) is 5.00. The third-order valence-corrected chi connectivity index (χ3v) is 7.35. The SMILES string of the molecule is COC[C@@H]1CCCC(CCCOc2cc(C(N)=O)c3ncnc(NCc4ccc(C(F)(F)F)cc4)c3c2)CC1. The van der Waals surface area contributed by atoms with Crippen LogP contribution < -0.4 is 15.8 Å². The second kappa shape index (κ2) is 13.1. The number of nitrogens with two attached hydrogens (primary N) is 1. The summed E-state index contributed by atoms with van der Waals surface area (Å²) in [5.74, 6) is 1.62. The predicted molar refractivity (Wildman–Crippen MR) is 143 cm³/mol. The molecule has 3 N–H and O–H groups in total. The lowest BCUT2D eigenvalue weighted by atomic mass is 9.94. The highest BCUT2D eigenvalue weighted by molar-refractivity contribution is 6.07. The first-order valence-electron chi connectivity index (χ1n) is 13.3. The van der Waals surface area contributed by atoms with Gasteiger partial charge in [-0.25, -0.2) is 9.97 Å². The number of aromatic nitrogens is 2. The Hall–Kier alpha value is -3.40. The summed E-state index contributed by atoms with van der Waals surface area (Å²) < 4.78 is 50.0. The molecule has 1 fully saturated rings. The summed E-state index contributed by atoms with van der Waals surface area (Å²) in [6.45, 7) is 1.57. The minimum atomic E-state index is -4.39. The van der Waals surface area contributed by atoms with E-state index in [0.29, 0.717) is 46.5 Å². The van der Waals surface area contributed by atoms with Gasteiger partial charge < -0.3 is 20.5 Å². The van der Waals surface area contributed by atoms with Crippen LogP contribution in [0.4, 0.5) is 19.0 Å². The number of rotatable bonds is 11. The molecule has 39 heavy (non-hydrogen) atoms. The standard InChI is InChI=1S/C29H35F3N4O3/c1-38-17-21-5-2-4-19(7-8-21)6-3-13-39-23-14-24(27(33)37)26-25(15-23)28(36-18-35-26)34-16-20-9-11-22(12-10-20)29(30,31)32/h9-12,14-15,18-19,21H,2-8,13,16-17H2,1H3,(H2,33,37)(H,34,35,36)/t19?,21-/m1/s1. The molecule has 0 spiro atoms. The zero-order chi connectivity index (χ0) is 27.8. The van der Waals surface area contributed by atoms with Crippen molar-refractivity contribution >= 4 is 22.6 Å². The largest absolute Gasteiger partial charge is 0.494 e. The molecule has 3 aromatic rings. The average molecular weight is 545 g/mol. The highest BCUT2D eigenvalue weighted by Crippen LogP contribution is 2.32. The van der Waals surface area contributed by atoms with Crippen LogP contribution in [0.25, 0.3) is 10.9 Å². The normalized spacial score (nSPS) is 18.1. The highest BCUT2D eigenvalue weighted by Gasteiger charge is 2.30. The number of ether oxygens (including phenoxy) is 2. The number of alkyl halides is 3. The van der Waals surface area contributed by atoms with Crippen LogP contribution in [-0.4, -0.2) is 36.2 Å². The van der Waals surface area contributed by atoms with E-state index in [-0.39, 0.29) is 12.1 Å². The lowest BCUT2D eigenvalue weighted by Gasteiger charge is -2.16. The minimum absolute atomic E-state index is 0.218. The fourth-order valence-corrected chi connectivity index (χ4v) is 5.26. The van der Waals surface area contributed by atoms with E-state index in [2.05, 4.69) is 15.3 Å². The van der Waals surface area contributed by atoms with E-state index in [1.165, 1.54) is 50.6 Å². The van der Waals surface area contributed by atoms with Gasteiger partial charge in [0.05, 0.1) is 23.3 Å². The molecule has 1 aromatic heterocycles. The summed E-state index contributed by atoms with van der Waals surface area (Å²) >= 11 is 0. The van der Waals surface area contributed by atoms with Crippen molar-refractivity contribution in [2.75, 3.05) is 25.6 Å². The summed E-state index contributed by atoms with van der Waals surface area (Å²) in [5.41, 5.74) is 6.17. The Bertz CT molecular complexity index is 1250. The Morgan fingerprint density at radius 2 is 1.82 bits per heavy atom. The van der Waals surface area contributed by atoms with E-state index in [0.717, 1.165) is 31.6 Å². The summed E-state index contributed by atoms with van der Waals surface area (Å²) in [5, 5.41) is 3.68.